The molecule has 0 radical (unpaired) electrons. The Kier molecular flexibility index (Phi) is 10.7. The summed E-state index contributed by atoms with van der Waals surface area (Å²) in [4.78, 5) is 2.15. The van der Waals surface area contributed by atoms with Crippen LogP contribution in [0.4, 0.5) is 13.2 Å². The summed E-state index contributed by atoms with van der Waals surface area (Å²) in [6.07, 6.45) is -3.99. The fourth-order valence-corrected chi connectivity index (χ4v) is 5.51. The second-order valence-electron chi connectivity index (χ2n) is 10.3. The maximum Gasteiger partial charge on any atom is 0.417 e. The van der Waals surface area contributed by atoms with Crippen molar-refractivity contribution in [2.45, 2.75) is 37.5 Å². The van der Waals surface area contributed by atoms with Gasteiger partial charge in [-0.1, -0.05) is 96.5 Å². The first-order chi connectivity index (χ1) is 20.2. The van der Waals surface area contributed by atoms with Crippen molar-refractivity contribution in [3.8, 4) is 5.75 Å². The molecule has 0 saturated carbocycles. The SMILES string of the molecule is CC(c1ccccc1)(c1ccccc1)N(CCCOc1cccc(C(CO)CO)c1)Cc1cccc(C(F)(F)F)c1Cl. The first-order valence-electron chi connectivity index (χ1n) is 13.8. The molecule has 0 aliphatic carbocycles. The van der Waals surface area contributed by atoms with Crippen LogP contribution in [-0.4, -0.2) is 41.5 Å². The number of rotatable bonds is 13. The summed E-state index contributed by atoms with van der Waals surface area (Å²) in [6.45, 7) is 2.73. The zero-order valence-electron chi connectivity index (χ0n) is 23.4. The molecule has 4 nitrogen and oxygen atoms in total. The van der Waals surface area contributed by atoms with E-state index in [-0.39, 0.29) is 24.8 Å². The molecule has 4 aromatic carbocycles. The first kappa shape index (κ1) is 31.6. The second-order valence-corrected chi connectivity index (χ2v) is 10.7. The van der Waals surface area contributed by atoms with Crippen molar-refractivity contribution in [3.05, 3.63) is 136 Å². The monoisotopic (exact) mass is 597 g/mol. The Labute approximate surface area is 250 Å². The van der Waals surface area contributed by atoms with Gasteiger partial charge in [0, 0.05) is 19.0 Å². The molecule has 0 saturated heterocycles. The van der Waals surface area contributed by atoms with Crippen molar-refractivity contribution in [3.63, 3.8) is 0 Å². The Morgan fingerprint density at radius 1 is 0.810 bits per heavy atom. The maximum absolute atomic E-state index is 13.7. The molecule has 4 rings (SSSR count). The minimum Gasteiger partial charge on any atom is -0.494 e. The molecule has 2 N–H and O–H groups in total. The summed E-state index contributed by atoms with van der Waals surface area (Å²) in [5.41, 5.74) is 1.60. The lowest BCUT2D eigenvalue weighted by Crippen LogP contribution is -2.45. The average molecular weight is 598 g/mol. The van der Waals surface area contributed by atoms with Crippen molar-refractivity contribution in [1.82, 2.24) is 4.90 Å². The Morgan fingerprint density at radius 2 is 1.40 bits per heavy atom. The van der Waals surface area contributed by atoms with Crippen LogP contribution in [0.25, 0.3) is 0 Å². The van der Waals surface area contributed by atoms with Gasteiger partial charge in [-0.15, -0.1) is 0 Å². The molecule has 0 atom stereocenters. The number of benzene rings is 4. The fourth-order valence-electron chi connectivity index (χ4n) is 5.22. The predicted molar refractivity (Wildman–Crippen MR) is 160 cm³/mol. The molecule has 0 amide bonds. The lowest BCUT2D eigenvalue weighted by molar-refractivity contribution is -0.137. The number of hydrogen-bond donors (Lipinski definition) is 2. The van der Waals surface area contributed by atoms with Gasteiger partial charge in [-0.25, -0.2) is 0 Å². The van der Waals surface area contributed by atoms with Crippen LogP contribution < -0.4 is 4.74 Å². The number of hydrogen-bond acceptors (Lipinski definition) is 4. The molecule has 0 bridgehead atoms. The van der Waals surface area contributed by atoms with E-state index >= 15 is 0 Å². The number of nitrogens with zero attached hydrogens (tertiary/aromatic N) is 1. The lowest BCUT2D eigenvalue weighted by Gasteiger charge is -2.43. The van der Waals surface area contributed by atoms with E-state index < -0.39 is 23.2 Å². The van der Waals surface area contributed by atoms with E-state index in [1.807, 2.05) is 78.9 Å². The van der Waals surface area contributed by atoms with E-state index in [1.165, 1.54) is 6.07 Å². The van der Waals surface area contributed by atoms with Gasteiger partial charge in [0.2, 0.25) is 0 Å². The molecule has 0 spiro atoms. The van der Waals surface area contributed by atoms with Gasteiger partial charge >= 0.3 is 6.18 Å². The fraction of sp³-hybridized carbons (Fsp3) is 0.294. The van der Waals surface area contributed by atoms with Crippen LogP contribution in [0.15, 0.2) is 103 Å². The third kappa shape index (κ3) is 7.34. The second kappa shape index (κ2) is 14.2. The molecule has 0 fully saturated rings. The summed E-state index contributed by atoms with van der Waals surface area (Å²) < 4.78 is 47.2. The highest BCUT2D eigenvalue weighted by atomic mass is 35.5. The van der Waals surface area contributed by atoms with E-state index in [0.717, 1.165) is 22.8 Å². The molecular formula is C34H35ClF3NO3. The molecule has 42 heavy (non-hydrogen) atoms. The average Bonchev–Trinajstić information content (AvgIpc) is 3.00. The molecule has 0 aromatic heterocycles. The molecule has 0 unspecified atom stereocenters. The van der Waals surface area contributed by atoms with Crippen molar-refractivity contribution in [1.29, 1.82) is 0 Å². The van der Waals surface area contributed by atoms with E-state index in [0.29, 0.717) is 30.9 Å². The Hall–Kier alpha value is -3.36. The van der Waals surface area contributed by atoms with Crippen molar-refractivity contribution >= 4 is 11.6 Å². The van der Waals surface area contributed by atoms with E-state index in [1.54, 1.807) is 12.1 Å². The van der Waals surface area contributed by atoms with E-state index in [2.05, 4.69) is 11.8 Å². The van der Waals surface area contributed by atoms with Gasteiger partial charge in [-0.3, -0.25) is 4.90 Å². The van der Waals surface area contributed by atoms with Crippen LogP contribution in [0.3, 0.4) is 0 Å². The normalized spacial score (nSPS) is 12.2. The number of alkyl halides is 3. The van der Waals surface area contributed by atoms with Gasteiger partial charge in [0.05, 0.1) is 35.9 Å². The molecular weight excluding hydrogens is 563 g/mol. The third-order valence-electron chi connectivity index (χ3n) is 7.66. The highest BCUT2D eigenvalue weighted by Gasteiger charge is 2.37. The van der Waals surface area contributed by atoms with Crippen LogP contribution in [0.5, 0.6) is 5.75 Å². The molecule has 222 valence electrons. The summed E-state index contributed by atoms with van der Waals surface area (Å²) in [6, 6.07) is 31.1. The first-order valence-corrected chi connectivity index (χ1v) is 14.2. The van der Waals surface area contributed by atoms with Gasteiger partial charge in [-0.2, -0.15) is 13.2 Å². The smallest absolute Gasteiger partial charge is 0.417 e. The molecule has 0 heterocycles. The van der Waals surface area contributed by atoms with Gasteiger partial charge in [0.25, 0.3) is 0 Å². The molecule has 4 aromatic rings. The van der Waals surface area contributed by atoms with E-state index in [9.17, 15) is 23.4 Å². The summed E-state index contributed by atoms with van der Waals surface area (Å²) >= 11 is 6.38. The minimum absolute atomic E-state index is 0.174. The van der Waals surface area contributed by atoms with Crippen LogP contribution >= 0.6 is 11.6 Å². The standard InChI is InChI=1S/C34H35ClF3NO3/c1-33(28-13-4-2-5-14-28,29-15-6-3-7-16-29)39(22-26-12-9-18-31(32(26)35)34(36,37)38)19-10-20-42-30-17-8-11-25(21-30)27(23-40)24-41/h2-9,11-18,21,27,40-41H,10,19-20,22-24H2,1H3. The topological polar surface area (TPSA) is 52.9 Å². The number of aliphatic hydroxyl groups is 2. The number of halogens is 4. The summed E-state index contributed by atoms with van der Waals surface area (Å²) in [7, 11) is 0. The molecule has 0 aliphatic rings. The number of ether oxygens (including phenoxy) is 1. The van der Waals surface area contributed by atoms with E-state index in [4.69, 9.17) is 16.3 Å². The third-order valence-corrected chi connectivity index (χ3v) is 8.11. The van der Waals surface area contributed by atoms with Crippen molar-refractivity contribution in [2.24, 2.45) is 0 Å². The van der Waals surface area contributed by atoms with Crippen molar-refractivity contribution in [2.75, 3.05) is 26.4 Å². The van der Waals surface area contributed by atoms with Crippen LogP contribution in [-0.2, 0) is 18.3 Å². The zero-order valence-corrected chi connectivity index (χ0v) is 24.2. The highest BCUT2D eigenvalue weighted by Crippen LogP contribution is 2.40. The van der Waals surface area contributed by atoms with Gasteiger partial charge in [0.1, 0.15) is 5.75 Å². The highest BCUT2D eigenvalue weighted by molar-refractivity contribution is 6.32. The summed E-state index contributed by atoms with van der Waals surface area (Å²) in [5.74, 6) is 0.222. The van der Waals surface area contributed by atoms with Crippen molar-refractivity contribution < 1.29 is 28.1 Å². The Balaban J connectivity index is 1.65. The van der Waals surface area contributed by atoms with Gasteiger partial charge in [0.15, 0.2) is 0 Å². The molecule has 8 heteroatoms. The van der Waals surface area contributed by atoms with Gasteiger partial charge in [-0.05, 0) is 53.8 Å². The Morgan fingerprint density at radius 3 is 1.98 bits per heavy atom. The molecule has 0 aliphatic heterocycles. The summed E-state index contributed by atoms with van der Waals surface area (Å²) in [5, 5.41) is 18.8. The predicted octanol–water partition coefficient (Wildman–Crippen LogP) is 7.66. The largest absolute Gasteiger partial charge is 0.494 e. The zero-order chi connectivity index (χ0) is 30.2. The quantitative estimate of drug-likeness (QED) is 0.155. The van der Waals surface area contributed by atoms with Crippen LogP contribution in [0.2, 0.25) is 5.02 Å². The van der Waals surface area contributed by atoms with Crippen LogP contribution in [0, 0.1) is 0 Å². The number of aliphatic hydroxyl groups excluding tert-OH is 2. The minimum atomic E-state index is -4.56. The van der Waals surface area contributed by atoms with Crippen LogP contribution in [0.1, 0.15) is 47.1 Å². The maximum atomic E-state index is 13.7. The Bertz CT molecular complexity index is 1370. The van der Waals surface area contributed by atoms with Gasteiger partial charge < -0.3 is 14.9 Å². The lowest BCUT2D eigenvalue weighted by atomic mass is 9.82.